The fourth-order valence-corrected chi connectivity index (χ4v) is 1.38. The van der Waals surface area contributed by atoms with Crippen LogP contribution in [0.15, 0.2) is 18.3 Å². The monoisotopic (exact) mass is 231 g/mol. The van der Waals surface area contributed by atoms with Crippen molar-refractivity contribution in [1.82, 2.24) is 4.98 Å². The summed E-state index contributed by atoms with van der Waals surface area (Å²) < 4.78 is 0. The number of hydrogen-bond acceptors (Lipinski definition) is 4. The minimum absolute atomic E-state index is 0. The molecule has 0 aromatic carbocycles. The first-order valence-corrected chi connectivity index (χ1v) is 4.49. The van der Waals surface area contributed by atoms with Crippen molar-refractivity contribution in [1.29, 1.82) is 0 Å². The maximum Gasteiger partial charge on any atom is 1.00 e. The number of hydrogen-bond donors (Lipinski definition) is 1. The van der Waals surface area contributed by atoms with E-state index >= 15 is 0 Å². The van der Waals surface area contributed by atoms with E-state index in [4.69, 9.17) is 5.11 Å². The fourth-order valence-electron chi connectivity index (χ4n) is 1.38. The first kappa shape index (κ1) is 15.4. The second-order valence-corrected chi connectivity index (χ2v) is 3.27. The van der Waals surface area contributed by atoms with Crippen LogP contribution in [0.3, 0.4) is 0 Å². The molecule has 1 fully saturated rings. The number of rotatable bonds is 3. The van der Waals surface area contributed by atoms with Crippen molar-refractivity contribution in [2.24, 2.45) is 0 Å². The Morgan fingerprint density at radius 1 is 1.56 bits per heavy atom. The van der Waals surface area contributed by atoms with Gasteiger partial charge in [-0.3, -0.25) is 16.2 Å². The van der Waals surface area contributed by atoms with Gasteiger partial charge in [0.05, 0.1) is 12.1 Å². The standard InChI is InChI=1S/C10H11N2O2.Na.H2O/c13-10(14)7-8-6-9(2-3-11-8)12-4-1-5-12;;/h1-3,6H,4-5,7H2,(H,13,14);;1H2/q-1;+1;/p-1. The van der Waals surface area contributed by atoms with Crippen LogP contribution in [-0.4, -0.2) is 34.6 Å². The van der Waals surface area contributed by atoms with Crippen molar-refractivity contribution in [3.05, 3.63) is 30.4 Å². The van der Waals surface area contributed by atoms with Crippen molar-refractivity contribution < 1.29 is 44.9 Å². The van der Waals surface area contributed by atoms with Gasteiger partial charge in [-0.15, -0.1) is 13.1 Å². The molecule has 82 valence electrons. The molecular formula is C10H12N2NaO3-. The van der Waals surface area contributed by atoms with E-state index in [1.807, 2.05) is 12.1 Å². The van der Waals surface area contributed by atoms with Crippen LogP contribution in [0.4, 0.5) is 5.69 Å². The summed E-state index contributed by atoms with van der Waals surface area (Å²) in [6.45, 7) is 1.88. The van der Waals surface area contributed by atoms with Crippen molar-refractivity contribution in [3.8, 4) is 0 Å². The Hall–Kier alpha value is -0.620. The van der Waals surface area contributed by atoms with Gasteiger partial charge in [-0.05, 0) is 12.1 Å². The molecule has 1 aromatic heterocycles. The molecule has 1 aromatic rings. The molecule has 0 amide bonds. The first-order chi connectivity index (χ1) is 6.75. The summed E-state index contributed by atoms with van der Waals surface area (Å²) in [5, 5.41) is 8.61. The van der Waals surface area contributed by atoms with Crippen LogP contribution in [0, 0.1) is 6.42 Å². The quantitative estimate of drug-likeness (QED) is 0.461. The van der Waals surface area contributed by atoms with Gasteiger partial charge in [-0.25, -0.2) is 0 Å². The molecule has 0 aliphatic carbocycles. The van der Waals surface area contributed by atoms with Crippen LogP contribution in [0.2, 0.25) is 0 Å². The van der Waals surface area contributed by atoms with E-state index in [1.165, 1.54) is 0 Å². The predicted molar refractivity (Wildman–Crippen MR) is 54.0 cm³/mol. The second kappa shape index (κ2) is 6.85. The molecule has 0 atom stereocenters. The normalized spacial score (nSPS) is 13.1. The summed E-state index contributed by atoms with van der Waals surface area (Å²) in [5.41, 5.74) is 1.67. The molecule has 5 nitrogen and oxygen atoms in total. The third kappa shape index (κ3) is 3.75. The van der Waals surface area contributed by atoms with Crippen molar-refractivity contribution in [2.75, 3.05) is 18.0 Å². The molecule has 1 aliphatic heterocycles. The average Bonchev–Trinajstić information content (AvgIpc) is 1.99. The van der Waals surface area contributed by atoms with Crippen LogP contribution in [0.25, 0.3) is 0 Å². The summed E-state index contributed by atoms with van der Waals surface area (Å²) >= 11 is 0. The summed E-state index contributed by atoms with van der Waals surface area (Å²) in [5.74, 6) is -0.843. The van der Waals surface area contributed by atoms with E-state index in [2.05, 4.69) is 16.3 Å². The van der Waals surface area contributed by atoms with Gasteiger partial charge in [-0.2, -0.15) is 0 Å². The van der Waals surface area contributed by atoms with Crippen molar-refractivity contribution in [3.63, 3.8) is 0 Å². The van der Waals surface area contributed by atoms with E-state index in [9.17, 15) is 4.79 Å². The molecule has 0 unspecified atom stereocenters. The van der Waals surface area contributed by atoms with Crippen molar-refractivity contribution in [2.45, 2.75) is 6.42 Å². The van der Waals surface area contributed by atoms with Gasteiger partial charge >= 0.3 is 35.5 Å². The molecule has 6 heteroatoms. The first-order valence-electron chi connectivity index (χ1n) is 4.49. The SMILES string of the molecule is O=C(O)Cc1cc(N2C[CH-]C2)ccn1.[Na+].[OH-]. The van der Waals surface area contributed by atoms with Crippen LogP contribution in [0.5, 0.6) is 0 Å². The molecular weight excluding hydrogens is 219 g/mol. The summed E-state index contributed by atoms with van der Waals surface area (Å²) in [4.78, 5) is 16.6. The van der Waals surface area contributed by atoms with Crippen LogP contribution in [0.1, 0.15) is 5.69 Å². The minimum atomic E-state index is -0.843. The third-order valence-corrected chi connectivity index (χ3v) is 2.20. The smallest absolute Gasteiger partial charge is 0.870 e. The second-order valence-electron chi connectivity index (χ2n) is 3.27. The van der Waals surface area contributed by atoms with E-state index in [-0.39, 0.29) is 41.5 Å². The number of aromatic nitrogens is 1. The predicted octanol–water partition coefficient (Wildman–Crippen LogP) is -2.44. The zero-order valence-corrected chi connectivity index (χ0v) is 11.1. The maximum atomic E-state index is 10.5. The molecule has 0 spiro atoms. The van der Waals surface area contributed by atoms with Gasteiger partial charge in [0.15, 0.2) is 0 Å². The van der Waals surface area contributed by atoms with Crippen molar-refractivity contribution >= 4 is 11.7 Å². The molecule has 2 heterocycles. The largest absolute Gasteiger partial charge is 1.00 e. The Morgan fingerprint density at radius 2 is 2.25 bits per heavy atom. The van der Waals surface area contributed by atoms with Gasteiger partial charge in [0.2, 0.25) is 0 Å². The zero-order chi connectivity index (χ0) is 9.97. The van der Waals surface area contributed by atoms with Gasteiger partial charge in [-0.1, -0.05) is 0 Å². The number of anilines is 1. The number of carboxylic acid groups (broad SMARTS) is 1. The summed E-state index contributed by atoms with van der Waals surface area (Å²) in [6.07, 6.45) is 3.81. The Kier molecular flexibility index (Phi) is 6.59. The Morgan fingerprint density at radius 3 is 2.75 bits per heavy atom. The number of nitrogens with zero attached hydrogens (tertiary/aromatic N) is 2. The van der Waals surface area contributed by atoms with Gasteiger partial charge in [0, 0.05) is 11.9 Å². The zero-order valence-electron chi connectivity index (χ0n) is 9.13. The summed E-state index contributed by atoms with van der Waals surface area (Å²) in [7, 11) is 0. The fraction of sp³-hybridized carbons (Fsp3) is 0.300. The van der Waals surface area contributed by atoms with Crippen LogP contribution >= 0.6 is 0 Å². The number of aliphatic carboxylic acids is 1. The van der Waals surface area contributed by atoms with Crippen LogP contribution in [-0.2, 0) is 11.2 Å². The third-order valence-electron chi connectivity index (χ3n) is 2.20. The Balaban J connectivity index is 0.00000112. The average molecular weight is 231 g/mol. The van der Waals surface area contributed by atoms with E-state index in [0.717, 1.165) is 18.8 Å². The number of carboxylic acids is 1. The van der Waals surface area contributed by atoms with Gasteiger partial charge in [0.1, 0.15) is 0 Å². The summed E-state index contributed by atoms with van der Waals surface area (Å²) in [6, 6.07) is 3.74. The minimum Gasteiger partial charge on any atom is -0.870 e. The molecule has 0 radical (unpaired) electrons. The molecule has 0 bridgehead atoms. The van der Waals surface area contributed by atoms with E-state index in [1.54, 1.807) is 6.20 Å². The van der Waals surface area contributed by atoms with Gasteiger partial charge in [0.25, 0.3) is 0 Å². The topological polar surface area (TPSA) is 83.4 Å². The number of pyridine rings is 1. The molecule has 1 saturated heterocycles. The molecule has 2 rings (SSSR count). The molecule has 0 saturated carbocycles. The molecule has 16 heavy (non-hydrogen) atoms. The van der Waals surface area contributed by atoms with E-state index in [0.29, 0.717) is 5.69 Å². The van der Waals surface area contributed by atoms with Crippen LogP contribution < -0.4 is 34.5 Å². The van der Waals surface area contributed by atoms with Gasteiger partial charge < -0.3 is 15.5 Å². The number of carbonyl (C=O) groups is 1. The molecule has 1 aliphatic rings. The Labute approximate surface area is 116 Å². The Bertz CT molecular complexity index is 356. The molecule has 2 N–H and O–H groups in total. The van der Waals surface area contributed by atoms with E-state index < -0.39 is 5.97 Å². The maximum absolute atomic E-state index is 10.5.